The maximum Gasteiger partial charge on any atom is 0.292 e. The van der Waals surface area contributed by atoms with Crippen LogP contribution in [0.3, 0.4) is 0 Å². The van der Waals surface area contributed by atoms with Crippen LogP contribution < -0.4 is 21.0 Å². The maximum absolute atomic E-state index is 12.4. The molecule has 2 aromatic carbocycles. The molecule has 0 unspecified atom stereocenters. The van der Waals surface area contributed by atoms with Crippen molar-refractivity contribution in [3.63, 3.8) is 0 Å². The molecule has 1 fully saturated rings. The predicted molar refractivity (Wildman–Crippen MR) is 126 cm³/mol. The molecule has 1 saturated heterocycles. The number of para-hydroxylation sites is 1. The predicted octanol–water partition coefficient (Wildman–Crippen LogP) is 1.86. The van der Waals surface area contributed by atoms with E-state index in [0.29, 0.717) is 61.0 Å². The van der Waals surface area contributed by atoms with Crippen molar-refractivity contribution in [3.05, 3.63) is 70.7 Å². The minimum Gasteiger partial charge on any atom is -0.457 e. The summed E-state index contributed by atoms with van der Waals surface area (Å²) in [4.78, 5) is 14.2. The van der Waals surface area contributed by atoms with Gasteiger partial charge in [0.05, 0.1) is 23.8 Å². The van der Waals surface area contributed by atoms with E-state index in [9.17, 15) is 10.1 Å². The topological polar surface area (TPSA) is 126 Å². The second-order valence-electron chi connectivity index (χ2n) is 7.60. The summed E-state index contributed by atoms with van der Waals surface area (Å²) in [6.07, 6.45) is 4.39. The maximum atomic E-state index is 12.4. The third kappa shape index (κ3) is 5.54. The monoisotopic (exact) mass is 459 g/mol. The molecule has 0 aliphatic carbocycles. The van der Waals surface area contributed by atoms with Crippen LogP contribution in [0.25, 0.3) is 11.8 Å². The molecule has 3 N–H and O–H groups in total. The summed E-state index contributed by atoms with van der Waals surface area (Å²) in [5.41, 5.74) is 6.74. The molecule has 174 valence electrons. The summed E-state index contributed by atoms with van der Waals surface area (Å²) in [6.45, 7) is 2.35. The minimum atomic E-state index is 0.0695. The smallest absolute Gasteiger partial charge is 0.292 e. The molecule has 34 heavy (non-hydrogen) atoms. The van der Waals surface area contributed by atoms with Gasteiger partial charge in [0.25, 0.3) is 6.26 Å². The SMILES string of the molecule is N#CO/C(c1ccc(Oc2ccccc2)cc1)=c1/c(N)n[nH]/c1=C/CCC(=O)N1CCOCC1. The fraction of sp³-hybridized carbons (Fsp3) is 0.240. The number of nitrogens with two attached hydrogens (primary N) is 1. The van der Waals surface area contributed by atoms with Crippen LogP contribution in [-0.4, -0.2) is 47.3 Å². The highest BCUT2D eigenvalue weighted by Crippen LogP contribution is 2.23. The zero-order chi connectivity index (χ0) is 23.8. The summed E-state index contributed by atoms with van der Waals surface area (Å²) in [5, 5.41) is 17.3. The molecular weight excluding hydrogens is 434 g/mol. The van der Waals surface area contributed by atoms with Gasteiger partial charge in [-0.15, -0.1) is 5.26 Å². The highest BCUT2D eigenvalue weighted by atomic mass is 16.5. The number of ether oxygens (including phenoxy) is 3. The van der Waals surface area contributed by atoms with Gasteiger partial charge in [0.2, 0.25) is 5.91 Å². The Labute approximate surface area is 196 Å². The van der Waals surface area contributed by atoms with Crippen LogP contribution in [-0.2, 0) is 14.3 Å². The van der Waals surface area contributed by atoms with Crippen LogP contribution >= 0.6 is 0 Å². The van der Waals surface area contributed by atoms with Crippen LogP contribution in [0.4, 0.5) is 5.82 Å². The van der Waals surface area contributed by atoms with Gasteiger partial charge in [-0.25, -0.2) is 0 Å². The van der Waals surface area contributed by atoms with Crippen molar-refractivity contribution in [2.24, 2.45) is 0 Å². The number of nitrogens with zero attached hydrogens (tertiary/aromatic N) is 3. The number of aromatic amines is 1. The third-order valence-corrected chi connectivity index (χ3v) is 5.36. The number of hydrogen-bond acceptors (Lipinski definition) is 7. The van der Waals surface area contributed by atoms with Crippen LogP contribution in [0.1, 0.15) is 18.4 Å². The average Bonchev–Trinajstić information content (AvgIpc) is 3.24. The zero-order valence-electron chi connectivity index (χ0n) is 18.6. The molecule has 1 amide bonds. The lowest BCUT2D eigenvalue weighted by molar-refractivity contribution is -0.135. The first kappa shape index (κ1) is 22.9. The number of carbonyl (C=O) groups is 1. The van der Waals surface area contributed by atoms with Crippen molar-refractivity contribution in [1.82, 2.24) is 15.1 Å². The lowest BCUT2D eigenvalue weighted by Crippen LogP contribution is -2.40. The number of hydrogen-bond donors (Lipinski definition) is 2. The number of morpholine rings is 1. The molecule has 0 radical (unpaired) electrons. The van der Waals surface area contributed by atoms with Gasteiger partial charge in [0.1, 0.15) is 11.5 Å². The molecule has 3 aromatic rings. The third-order valence-electron chi connectivity index (χ3n) is 5.36. The van der Waals surface area contributed by atoms with Gasteiger partial charge >= 0.3 is 0 Å². The van der Waals surface area contributed by atoms with Gasteiger partial charge in [0, 0.05) is 25.1 Å². The molecular formula is C25H25N5O4. The van der Waals surface area contributed by atoms with Gasteiger partial charge < -0.3 is 24.8 Å². The Morgan fingerprint density at radius 2 is 1.85 bits per heavy atom. The first-order valence-electron chi connectivity index (χ1n) is 10.9. The number of H-pyrrole nitrogens is 1. The highest BCUT2D eigenvalue weighted by molar-refractivity contribution is 5.77. The number of rotatable bonds is 7. The fourth-order valence-electron chi connectivity index (χ4n) is 3.67. The first-order chi connectivity index (χ1) is 16.7. The molecule has 1 aromatic heterocycles. The van der Waals surface area contributed by atoms with E-state index < -0.39 is 0 Å². The van der Waals surface area contributed by atoms with E-state index >= 15 is 0 Å². The quantitative estimate of drug-likeness (QED) is 0.516. The average molecular weight is 460 g/mol. The van der Waals surface area contributed by atoms with Crippen molar-refractivity contribution >= 4 is 23.6 Å². The van der Waals surface area contributed by atoms with Gasteiger partial charge in [0.15, 0.2) is 11.6 Å². The number of benzene rings is 2. The number of nitrogens with one attached hydrogen (secondary N) is 1. The van der Waals surface area contributed by atoms with Crippen molar-refractivity contribution in [2.75, 3.05) is 32.0 Å². The second-order valence-corrected chi connectivity index (χ2v) is 7.60. The van der Waals surface area contributed by atoms with Crippen molar-refractivity contribution in [3.8, 4) is 17.8 Å². The number of nitrogen functional groups attached to an aromatic ring is 1. The number of anilines is 1. The van der Waals surface area contributed by atoms with E-state index in [2.05, 4.69) is 10.2 Å². The lowest BCUT2D eigenvalue weighted by atomic mass is 10.1. The molecule has 0 spiro atoms. The van der Waals surface area contributed by atoms with Gasteiger partial charge in [-0.2, -0.15) is 5.10 Å². The summed E-state index contributed by atoms with van der Waals surface area (Å²) in [7, 11) is 0. The van der Waals surface area contributed by atoms with Crippen molar-refractivity contribution in [1.29, 1.82) is 5.26 Å². The Morgan fingerprint density at radius 1 is 1.15 bits per heavy atom. The summed E-state index contributed by atoms with van der Waals surface area (Å²) in [5.74, 6) is 1.89. The van der Waals surface area contributed by atoms with E-state index in [-0.39, 0.29) is 17.5 Å². The standard InChI is InChI=1S/C25H25N5O4/c26-17-33-24(18-9-11-20(12-10-18)34-19-5-2-1-3-6-19)23-21(28-29-25(23)27)7-4-8-22(31)30-13-15-32-16-14-30/h1-3,5-7,9-12,28H,4,8,13-16H2,(H2,27,29)/b21-7+,24-23+. The Hall–Kier alpha value is -4.29. The second kappa shape index (κ2) is 11.0. The summed E-state index contributed by atoms with van der Waals surface area (Å²) in [6, 6.07) is 16.6. The Morgan fingerprint density at radius 3 is 2.56 bits per heavy atom. The molecule has 0 bridgehead atoms. The molecule has 4 rings (SSSR count). The molecule has 1 aliphatic rings. The van der Waals surface area contributed by atoms with Crippen LogP contribution in [0.15, 0.2) is 54.6 Å². The molecule has 2 heterocycles. The zero-order valence-corrected chi connectivity index (χ0v) is 18.6. The molecule has 0 saturated carbocycles. The minimum absolute atomic E-state index is 0.0695. The van der Waals surface area contributed by atoms with Gasteiger partial charge in [-0.1, -0.05) is 24.3 Å². The fourth-order valence-corrected chi connectivity index (χ4v) is 3.67. The Kier molecular flexibility index (Phi) is 7.42. The highest BCUT2D eigenvalue weighted by Gasteiger charge is 2.16. The van der Waals surface area contributed by atoms with E-state index in [1.165, 1.54) is 0 Å². The number of amides is 1. The molecule has 9 heteroatoms. The largest absolute Gasteiger partial charge is 0.457 e. The van der Waals surface area contributed by atoms with Crippen LogP contribution in [0.2, 0.25) is 0 Å². The molecule has 1 aliphatic heterocycles. The normalized spacial score (nSPS) is 14.9. The van der Waals surface area contributed by atoms with Crippen LogP contribution in [0.5, 0.6) is 11.5 Å². The number of carbonyl (C=O) groups excluding carboxylic acids is 1. The van der Waals surface area contributed by atoms with E-state index in [1.807, 2.05) is 36.4 Å². The summed E-state index contributed by atoms with van der Waals surface area (Å²) < 4.78 is 16.4. The van der Waals surface area contributed by atoms with Crippen molar-refractivity contribution in [2.45, 2.75) is 12.8 Å². The number of nitriles is 1. The van der Waals surface area contributed by atoms with E-state index in [0.717, 1.165) is 5.75 Å². The Balaban J connectivity index is 1.58. The van der Waals surface area contributed by atoms with Gasteiger partial charge in [-0.3, -0.25) is 9.89 Å². The first-order valence-corrected chi connectivity index (χ1v) is 10.9. The lowest BCUT2D eigenvalue weighted by Gasteiger charge is -2.26. The van der Waals surface area contributed by atoms with E-state index in [4.69, 9.17) is 19.9 Å². The number of aromatic nitrogens is 2. The van der Waals surface area contributed by atoms with Crippen LogP contribution in [0, 0.1) is 11.5 Å². The molecule has 0 atom stereocenters. The van der Waals surface area contributed by atoms with E-state index in [1.54, 1.807) is 35.4 Å². The molecule has 9 nitrogen and oxygen atoms in total. The van der Waals surface area contributed by atoms with Gasteiger partial charge in [-0.05, 0) is 42.8 Å². The summed E-state index contributed by atoms with van der Waals surface area (Å²) >= 11 is 0. The Bertz CT molecular complexity index is 1270. The van der Waals surface area contributed by atoms with Crippen molar-refractivity contribution < 1.29 is 19.0 Å².